The van der Waals surface area contributed by atoms with Gasteiger partial charge in [-0.2, -0.15) is 10.2 Å². The molecule has 0 atom stereocenters. The summed E-state index contributed by atoms with van der Waals surface area (Å²) in [6.07, 6.45) is -1.87. The van der Waals surface area contributed by atoms with Crippen LogP contribution in [0.3, 0.4) is 0 Å². The van der Waals surface area contributed by atoms with Gasteiger partial charge in [-0.05, 0) is 69.6 Å². The molecule has 0 aromatic carbocycles. The van der Waals surface area contributed by atoms with Gasteiger partial charge in [0.2, 0.25) is 0 Å². The van der Waals surface area contributed by atoms with Gasteiger partial charge in [0.1, 0.15) is 23.1 Å². The average Bonchev–Trinajstić information content (AvgIpc) is 2.36. The molecular weight excluding hydrogens is 378 g/mol. The van der Waals surface area contributed by atoms with Gasteiger partial charge in [-0.15, -0.1) is 0 Å². The van der Waals surface area contributed by atoms with E-state index < -0.39 is 23.4 Å². The summed E-state index contributed by atoms with van der Waals surface area (Å²) < 4.78 is 10.9. The molecule has 0 N–H and O–H groups in total. The average molecular weight is 398 g/mol. The predicted octanol–water partition coefficient (Wildman–Crippen LogP) is 4.39. The Balaban J connectivity index is 3.30. The van der Waals surface area contributed by atoms with E-state index in [2.05, 4.69) is 20.9 Å². The zero-order valence-electron chi connectivity index (χ0n) is 14.5. The number of halogens is 1. The molecule has 0 radical (unpaired) electrons. The van der Waals surface area contributed by atoms with Crippen molar-refractivity contribution in [3.63, 3.8) is 0 Å². The first-order valence-electron chi connectivity index (χ1n) is 7.17. The molecule has 0 fully saturated rings. The van der Waals surface area contributed by atoms with Crippen LogP contribution >= 0.6 is 15.9 Å². The minimum atomic E-state index is -0.935. The Kier molecular flexibility index (Phi) is 5.95. The fraction of sp³-hybridized carbons (Fsp3) is 0.500. The van der Waals surface area contributed by atoms with Crippen molar-refractivity contribution in [3.8, 4) is 6.07 Å². The Morgan fingerprint density at radius 1 is 1.08 bits per heavy atom. The van der Waals surface area contributed by atoms with Gasteiger partial charge in [0.05, 0.1) is 4.47 Å². The lowest BCUT2D eigenvalue weighted by Gasteiger charge is -2.28. The highest BCUT2D eigenvalue weighted by Crippen LogP contribution is 2.23. The van der Waals surface area contributed by atoms with E-state index in [1.807, 2.05) is 6.07 Å². The van der Waals surface area contributed by atoms with Gasteiger partial charge in [0.15, 0.2) is 5.69 Å². The Hall–Kier alpha value is -2.14. The molecule has 1 heterocycles. The monoisotopic (exact) mass is 397 g/mol. The number of pyridine rings is 1. The number of nitrogens with zero attached hydrogens (tertiary/aromatic N) is 3. The molecule has 1 aromatic rings. The fourth-order valence-corrected chi connectivity index (χ4v) is 1.82. The number of rotatable bonds is 1. The molecule has 7 nitrogen and oxygen atoms in total. The minimum absolute atomic E-state index is 0.0321. The standard InChI is InChI=1S/C16H20BrN3O4/c1-15(2,3)23-13(21)20(14(22)24-16(4,5)6)12-8-7-10(17)11(9-18)19-12/h7-8H,1-6H3. The van der Waals surface area contributed by atoms with Crippen LogP contribution in [0.25, 0.3) is 0 Å². The van der Waals surface area contributed by atoms with E-state index in [4.69, 9.17) is 14.7 Å². The van der Waals surface area contributed by atoms with Crippen LogP contribution in [0.2, 0.25) is 0 Å². The van der Waals surface area contributed by atoms with Gasteiger partial charge in [-0.3, -0.25) is 0 Å². The van der Waals surface area contributed by atoms with Gasteiger partial charge >= 0.3 is 12.2 Å². The van der Waals surface area contributed by atoms with Crippen molar-refractivity contribution in [2.24, 2.45) is 0 Å². The van der Waals surface area contributed by atoms with Crippen molar-refractivity contribution >= 4 is 33.9 Å². The van der Waals surface area contributed by atoms with Crippen LogP contribution in [-0.4, -0.2) is 28.4 Å². The second kappa shape index (κ2) is 7.18. The summed E-state index contributed by atoms with van der Waals surface area (Å²) in [7, 11) is 0. The van der Waals surface area contributed by atoms with Gasteiger partial charge in [0, 0.05) is 0 Å². The molecule has 8 heteroatoms. The second-order valence-corrected chi connectivity index (χ2v) is 7.76. The molecule has 0 saturated heterocycles. The summed E-state index contributed by atoms with van der Waals surface area (Å²) in [5, 5.41) is 9.08. The van der Waals surface area contributed by atoms with E-state index in [0.717, 1.165) is 0 Å². The van der Waals surface area contributed by atoms with E-state index >= 15 is 0 Å². The summed E-state index contributed by atoms with van der Waals surface area (Å²) in [5.74, 6) is -0.0572. The smallest absolute Gasteiger partial charge is 0.425 e. The molecule has 0 spiro atoms. The Bertz CT molecular complexity index is 656. The van der Waals surface area contributed by atoms with Crippen molar-refractivity contribution in [2.75, 3.05) is 4.90 Å². The quantitative estimate of drug-likeness (QED) is 0.697. The largest absolute Gasteiger partial charge is 0.443 e. The van der Waals surface area contributed by atoms with Crippen molar-refractivity contribution in [1.29, 1.82) is 5.26 Å². The van der Waals surface area contributed by atoms with Crippen LogP contribution in [-0.2, 0) is 9.47 Å². The molecule has 24 heavy (non-hydrogen) atoms. The molecule has 1 aromatic heterocycles. The van der Waals surface area contributed by atoms with Gasteiger partial charge in [-0.25, -0.2) is 14.6 Å². The summed E-state index contributed by atoms with van der Waals surface area (Å²) in [6.45, 7) is 10.0. The van der Waals surface area contributed by atoms with E-state index in [9.17, 15) is 9.59 Å². The van der Waals surface area contributed by atoms with E-state index in [0.29, 0.717) is 9.37 Å². The lowest BCUT2D eigenvalue weighted by Crippen LogP contribution is -2.44. The normalized spacial score (nSPS) is 11.4. The number of nitriles is 1. The van der Waals surface area contributed by atoms with E-state index in [1.165, 1.54) is 12.1 Å². The lowest BCUT2D eigenvalue weighted by atomic mass is 10.2. The van der Waals surface area contributed by atoms with E-state index in [-0.39, 0.29) is 11.5 Å². The first-order chi connectivity index (χ1) is 10.8. The number of carbonyl (C=O) groups is 2. The highest BCUT2D eigenvalue weighted by atomic mass is 79.9. The maximum atomic E-state index is 12.4. The Labute approximate surface area is 149 Å². The number of amides is 2. The lowest BCUT2D eigenvalue weighted by molar-refractivity contribution is 0.0429. The summed E-state index contributed by atoms with van der Waals surface area (Å²) in [4.78, 5) is 29.6. The number of imide groups is 1. The highest BCUT2D eigenvalue weighted by Gasteiger charge is 2.33. The third kappa shape index (κ3) is 5.81. The minimum Gasteiger partial charge on any atom is -0.443 e. The molecule has 0 saturated carbocycles. The topological polar surface area (TPSA) is 92.5 Å². The van der Waals surface area contributed by atoms with Crippen LogP contribution in [0.1, 0.15) is 47.2 Å². The zero-order chi connectivity index (χ0) is 18.7. The van der Waals surface area contributed by atoms with E-state index in [1.54, 1.807) is 41.5 Å². The van der Waals surface area contributed by atoms with Crippen molar-refractivity contribution in [1.82, 2.24) is 4.98 Å². The number of hydrogen-bond acceptors (Lipinski definition) is 6. The molecule has 0 unspecified atom stereocenters. The molecule has 0 bridgehead atoms. The van der Waals surface area contributed by atoms with Crippen molar-refractivity contribution < 1.29 is 19.1 Å². The van der Waals surface area contributed by atoms with Gasteiger partial charge < -0.3 is 9.47 Å². The third-order valence-corrected chi connectivity index (χ3v) is 2.96. The highest BCUT2D eigenvalue weighted by molar-refractivity contribution is 9.10. The molecule has 130 valence electrons. The van der Waals surface area contributed by atoms with Crippen LogP contribution in [0, 0.1) is 11.3 Å². The number of ether oxygens (including phenoxy) is 2. The molecule has 0 aliphatic heterocycles. The SMILES string of the molecule is CC(C)(C)OC(=O)N(C(=O)OC(C)(C)C)c1ccc(Br)c(C#N)n1. The van der Waals surface area contributed by atoms with Crippen LogP contribution < -0.4 is 4.90 Å². The number of carbonyl (C=O) groups excluding carboxylic acids is 2. The summed E-state index contributed by atoms with van der Waals surface area (Å²) >= 11 is 3.18. The van der Waals surface area contributed by atoms with Crippen LogP contribution in [0.4, 0.5) is 15.4 Å². The van der Waals surface area contributed by atoms with Crippen LogP contribution in [0.5, 0.6) is 0 Å². The predicted molar refractivity (Wildman–Crippen MR) is 91.6 cm³/mol. The second-order valence-electron chi connectivity index (χ2n) is 6.91. The summed E-state index contributed by atoms with van der Waals surface area (Å²) in [5.41, 5.74) is -1.60. The number of hydrogen-bond donors (Lipinski definition) is 0. The molecule has 1 rings (SSSR count). The number of anilines is 1. The van der Waals surface area contributed by atoms with Gasteiger partial charge in [0.25, 0.3) is 0 Å². The van der Waals surface area contributed by atoms with Crippen LogP contribution in [0.15, 0.2) is 16.6 Å². The fourth-order valence-electron chi connectivity index (χ4n) is 1.51. The summed E-state index contributed by atoms with van der Waals surface area (Å²) in [6, 6.07) is 4.81. The first kappa shape index (κ1) is 19.9. The molecular formula is C16H20BrN3O4. The maximum absolute atomic E-state index is 12.4. The Morgan fingerprint density at radius 2 is 1.54 bits per heavy atom. The van der Waals surface area contributed by atoms with Gasteiger partial charge in [-0.1, -0.05) is 0 Å². The van der Waals surface area contributed by atoms with Crippen molar-refractivity contribution in [2.45, 2.75) is 52.7 Å². The Morgan fingerprint density at radius 3 is 1.92 bits per heavy atom. The first-order valence-corrected chi connectivity index (χ1v) is 7.96. The molecule has 0 aliphatic carbocycles. The maximum Gasteiger partial charge on any atom is 0.425 e. The third-order valence-electron chi connectivity index (χ3n) is 2.32. The van der Waals surface area contributed by atoms with Crippen molar-refractivity contribution in [3.05, 3.63) is 22.3 Å². The zero-order valence-corrected chi connectivity index (χ0v) is 16.1. The molecule has 2 amide bonds. The molecule has 0 aliphatic rings. The number of aromatic nitrogens is 1.